The Morgan fingerprint density at radius 2 is 1.90 bits per heavy atom. The van der Waals surface area contributed by atoms with Crippen LogP contribution in [0.4, 0.5) is 5.69 Å². The van der Waals surface area contributed by atoms with E-state index in [2.05, 4.69) is 35.5 Å². The third kappa shape index (κ3) is 4.45. The molecule has 0 aliphatic heterocycles. The first kappa shape index (κ1) is 15.8. The van der Waals surface area contributed by atoms with Crippen LogP contribution in [0.25, 0.3) is 0 Å². The highest BCUT2D eigenvalue weighted by atomic mass is 35.5. The number of pyridine rings is 1. The highest BCUT2D eigenvalue weighted by Crippen LogP contribution is 2.29. The van der Waals surface area contributed by atoms with Gasteiger partial charge in [-0.1, -0.05) is 24.6 Å². The minimum Gasteiger partial charge on any atom is -0.380 e. The zero-order valence-corrected chi connectivity index (χ0v) is 13.4. The lowest BCUT2D eigenvalue weighted by Crippen LogP contribution is -2.16. The van der Waals surface area contributed by atoms with Gasteiger partial charge in [-0.25, -0.2) is 0 Å². The van der Waals surface area contributed by atoms with Crippen molar-refractivity contribution in [2.75, 3.05) is 18.4 Å². The van der Waals surface area contributed by atoms with Gasteiger partial charge in [0.05, 0.1) is 10.7 Å². The number of anilines is 1. The normalized spacial score (nSPS) is 10.6. The fourth-order valence-corrected chi connectivity index (χ4v) is 2.57. The topological polar surface area (TPSA) is 37.0 Å². The van der Waals surface area contributed by atoms with Crippen molar-refractivity contribution in [2.45, 2.75) is 26.8 Å². The lowest BCUT2D eigenvalue weighted by Gasteiger charge is -2.15. The number of hydrogen-bond acceptors (Lipinski definition) is 3. The largest absolute Gasteiger partial charge is 0.380 e. The van der Waals surface area contributed by atoms with Crippen LogP contribution in [0.5, 0.6) is 0 Å². The van der Waals surface area contributed by atoms with Crippen molar-refractivity contribution >= 4 is 17.3 Å². The number of hydrogen-bond donors (Lipinski definition) is 2. The van der Waals surface area contributed by atoms with Gasteiger partial charge in [0.2, 0.25) is 0 Å². The highest BCUT2D eigenvalue weighted by molar-refractivity contribution is 6.33. The van der Waals surface area contributed by atoms with Gasteiger partial charge in [-0.2, -0.15) is 0 Å². The minimum absolute atomic E-state index is 0.750. The summed E-state index contributed by atoms with van der Waals surface area (Å²) in [6.07, 6.45) is 4.62. The van der Waals surface area contributed by atoms with E-state index in [-0.39, 0.29) is 0 Å². The lowest BCUT2D eigenvalue weighted by molar-refractivity contribution is 0.715. The van der Waals surface area contributed by atoms with Crippen molar-refractivity contribution in [3.05, 3.63) is 58.4 Å². The van der Waals surface area contributed by atoms with Crippen LogP contribution in [-0.4, -0.2) is 18.1 Å². The van der Waals surface area contributed by atoms with Crippen molar-refractivity contribution < 1.29 is 0 Å². The summed E-state index contributed by atoms with van der Waals surface area (Å²) >= 11 is 6.34. The maximum Gasteiger partial charge on any atom is 0.0640 e. The van der Waals surface area contributed by atoms with E-state index < -0.39 is 0 Å². The fraction of sp³-hybridized carbons (Fsp3) is 0.353. The summed E-state index contributed by atoms with van der Waals surface area (Å²) in [5.41, 5.74) is 4.79. The molecule has 21 heavy (non-hydrogen) atoms. The zero-order chi connectivity index (χ0) is 15.1. The predicted octanol–water partition coefficient (Wildman–Crippen LogP) is 3.81. The molecule has 2 aromatic rings. The molecular formula is C17H22ClN3. The van der Waals surface area contributed by atoms with Crippen LogP contribution in [0.3, 0.4) is 0 Å². The van der Waals surface area contributed by atoms with Crippen molar-refractivity contribution in [2.24, 2.45) is 0 Å². The smallest absolute Gasteiger partial charge is 0.0640 e. The van der Waals surface area contributed by atoms with Crippen LogP contribution in [-0.2, 0) is 13.0 Å². The molecule has 1 heterocycles. The number of likely N-dealkylation sites (N-methyl/N-ethyl adjacent to an activating group) is 1. The number of benzene rings is 1. The Hall–Kier alpha value is -1.58. The molecule has 0 aliphatic carbocycles. The number of nitrogens with zero attached hydrogens (tertiary/aromatic N) is 1. The summed E-state index contributed by atoms with van der Waals surface area (Å²) in [5.74, 6) is 0. The van der Waals surface area contributed by atoms with Gasteiger partial charge in [-0.05, 0) is 61.3 Å². The summed E-state index contributed by atoms with van der Waals surface area (Å²) < 4.78 is 0. The zero-order valence-electron chi connectivity index (χ0n) is 12.6. The second-order valence-corrected chi connectivity index (χ2v) is 5.43. The van der Waals surface area contributed by atoms with Crippen LogP contribution in [0.15, 0.2) is 36.7 Å². The first-order chi connectivity index (χ1) is 10.2. The van der Waals surface area contributed by atoms with Crippen molar-refractivity contribution in [1.29, 1.82) is 0 Å². The first-order valence-electron chi connectivity index (χ1n) is 7.33. The molecule has 0 bridgehead atoms. The predicted molar refractivity (Wildman–Crippen MR) is 90.0 cm³/mol. The number of aromatic nitrogens is 1. The Kier molecular flexibility index (Phi) is 6.03. The monoisotopic (exact) mass is 303 g/mol. The summed E-state index contributed by atoms with van der Waals surface area (Å²) in [6, 6.07) is 8.11. The number of halogens is 1. The van der Waals surface area contributed by atoms with Crippen LogP contribution < -0.4 is 10.6 Å². The Morgan fingerprint density at radius 3 is 2.62 bits per heavy atom. The standard InChI is InChI=1S/C17H22ClN3/c1-3-19-11-8-15-4-5-16(18)17(13(15)2)21-12-14-6-9-20-10-7-14/h4-7,9-10,19,21H,3,8,11-12H2,1-2H3. The van der Waals surface area contributed by atoms with E-state index in [9.17, 15) is 0 Å². The van der Waals surface area contributed by atoms with Crippen molar-refractivity contribution in [3.8, 4) is 0 Å². The second kappa shape index (κ2) is 8.01. The lowest BCUT2D eigenvalue weighted by atomic mass is 10.0. The Labute approximate surface area is 131 Å². The molecule has 2 rings (SSSR count). The summed E-state index contributed by atoms with van der Waals surface area (Å²) in [6.45, 7) is 6.99. The molecule has 0 saturated heterocycles. The third-order valence-corrected chi connectivity index (χ3v) is 3.88. The molecule has 1 aromatic carbocycles. The Balaban J connectivity index is 2.09. The highest BCUT2D eigenvalue weighted by Gasteiger charge is 2.08. The summed E-state index contributed by atoms with van der Waals surface area (Å²) in [4.78, 5) is 4.03. The van der Waals surface area contributed by atoms with E-state index in [0.29, 0.717) is 0 Å². The van der Waals surface area contributed by atoms with Crippen LogP contribution in [0, 0.1) is 6.92 Å². The number of rotatable bonds is 7. The molecule has 2 N–H and O–H groups in total. The average molecular weight is 304 g/mol. The van der Waals surface area contributed by atoms with E-state index in [1.165, 1.54) is 16.7 Å². The van der Waals surface area contributed by atoms with E-state index >= 15 is 0 Å². The van der Waals surface area contributed by atoms with Crippen molar-refractivity contribution in [1.82, 2.24) is 10.3 Å². The van der Waals surface area contributed by atoms with E-state index in [4.69, 9.17) is 11.6 Å². The SMILES string of the molecule is CCNCCc1ccc(Cl)c(NCc2ccncc2)c1C. The Bertz CT molecular complexity index is 570. The summed E-state index contributed by atoms with van der Waals surface area (Å²) in [7, 11) is 0. The summed E-state index contributed by atoms with van der Waals surface area (Å²) in [5, 5.41) is 7.58. The van der Waals surface area contributed by atoms with Gasteiger partial charge in [0.15, 0.2) is 0 Å². The molecule has 0 atom stereocenters. The molecule has 0 amide bonds. The van der Waals surface area contributed by atoms with Gasteiger partial charge in [0.1, 0.15) is 0 Å². The molecule has 3 nitrogen and oxygen atoms in total. The van der Waals surface area contributed by atoms with Gasteiger partial charge in [0, 0.05) is 18.9 Å². The van der Waals surface area contributed by atoms with Crippen LogP contribution in [0.1, 0.15) is 23.6 Å². The van der Waals surface area contributed by atoms with E-state index in [0.717, 1.165) is 36.8 Å². The number of nitrogens with one attached hydrogen (secondary N) is 2. The molecule has 0 fully saturated rings. The van der Waals surface area contributed by atoms with Gasteiger partial charge in [0.25, 0.3) is 0 Å². The molecule has 4 heteroatoms. The van der Waals surface area contributed by atoms with Gasteiger partial charge in [-0.15, -0.1) is 0 Å². The molecule has 1 aromatic heterocycles. The minimum atomic E-state index is 0.750. The maximum absolute atomic E-state index is 6.34. The first-order valence-corrected chi connectivity index (χ1v) is 7.71. The molecule has 112 valence electrons. The maximum atomic E-state index is 6.34. The quantitative estimate of drug-likeness (QED) is 0.764. The van der Waals surface area contributed by atoms with Crippen LogP contribution in [0.2, 0.25) is 5.02 Å². The van der Waals surface area contributed by atoms with Crippen LogP contribution >= 0.6 is 11.6 Å². The molecule has 0 unspecified atom stereocenters. The molecule has 0 spiro atoms. The third-order valence-electron chi connectivity index (χ3n) is 3.57. The van der Waals surface area contributed by atoms with Crippen molar-refractivity contribution in [3.63, 3.8) is 0 Å². The van der Waals surface area contributed by atoms with Gasteiger partial charge >= 0.3 is 0 Å². The molecule has 0 aliphatic rings. The fourth-order valence-electron chi connectivity index (χ4n) is 2.30. The molecule has 0 saturated carbocycles. The van der Waals surface area contributed by atoms with Gasteiger partial charge < -0.3 is 10.6 Å². The van der Waals surface area contributed by atoms with E-state index in [1.54, 1.807) is 12.4 Å². The second-order valence-electron chi connectivity index (χ2n) is 5.02. The van der Waals surface area contributed by atoms with Gasteiger partial charge in [-0.3, -0.25) is 4.98 Å². The Morgan fingerprint density at radius 1 is 1.14 bits per heavy atom. The molecule has 0 radical (unpaired) electrons. The molecular weight excluding hydrogens is 282 g/mol. The van der Waals surface area contributed by atoms with E-state index in [1.807, 2.05) is 18.2 Å². The average Bonchev–Trinajstić information content (AvgIpc) is 2.50.